The van der Waals surface area contributed by atoms with Gasteiger partial charge in [-0.05, 0) is 35.0 Å². The highest BCUT2D eigenvalue weighted by molar-refractivity contribution is 7.91. The van der Waals surface area contributed by atoms with Crippen LogP contribution in [-0.2, 0) is 9.84 Å². The largest absolute Gasteiger partial charge is 0.348 e. The summed E-state index contributed by atoms with van der Waals surface area (Å²) in [7, 11) is -3.06. The Morgan fingerprint density at radius 1 is 1.41 bits per heavy atom. The molecule has 8 nitrogen and oxygen atoms in total. The fourth-order valence-corrected chi connectivity index (χ4v) is 4.16. The number of amides is 1. The van der Waals surface area contributed by atoms with Crippen LogP contribution in [0.2, 0.25) is 5.02 Å². The van der Waals surface area contributed by atoms with Crippen molar-refractivity contribution in [3.8, 4) is 5.69 Å². The van der Waals surface area contributed by atoms with Crippen molar-refractivity contribution in [3.05, 3.63) is 35.1 Å². The molecule has 22 heavy (non-hydrogen) atoms. The first-order valence-corrected chi connectivity index (χ1v) is 8.69. The van der Waals surface area contributed by atoms with Crippen molar-refractivity contribution in [2.24, 2.45) is 0 Å². The van der Waals surface area contributed by atoms with Gasteiger partial charge in [0.05, 0.1) is 27.8 Å². The topological polar surface area (TPSA) is 107 Å². The van der Waals surface area contributed by atoms with Gasteiger partial charge in [0.1, 0.15) is 6.33 Å². The second kappa shape index (κ2) is 5.65. The summed E-state index contributed by atoms with van der Waals surface area (Å²) in [6.45, 7) is 0. The first-order chi connectivity index (χ1) is 10.4. The third-order valence-electron chi connectivity index (χ3n) is 3.38. The van der Waals surface area contributed by atoms with E-state index in [-0.39, 0.29) is 28.1 Å². The molecule has 1 atom stereocenters. The molecule has 0 spiro atoms. The molecule has 0 saturated carbocycles. The van der Waals surface area contributed by atoms with Crippen LogP contribution in [0.15, 0.2) is 24.5 Å². The minimum Gasteiger partial charge on any atom is -0.348 e. The van der Waals surface area contributed by atoms with Crippen molar-refractivity contribution in [1.82, 2.24) is 25.5 Å². The molecule has 1 fully saturated rings. The first-order valence-electron chi connectivity index (χ1n) is 6.49. The third-order valence-corrected chi connectivity index (χ3v) is 5.47. The molecule has 2 heterocycles. The summed E-state index contributed by atoms with van der Waals surface area (Å²) < 4.78 is 24.3. The van der Waals surface area contributed by atoms with Gasteiger partial charge in [-0.2, -0.15) is 0 Å². The lowest BCUT2D eigenvalue weighted by atomic mass is 10.1. The zero-order valence-electron chi connectivity index (χ0n) is 11.3. The molecule has 3 rings (SSSR count). The van der Waals surface area contributed by atoms with E-state index in [4.69, 9.17) is 11.6 Å². The smallest absolute Gasteiger partial charge is 0.253 e. The summed E-state index contributed by atoms with van der Waals surface area (Å²) >= 11 is 6.05. The van der Waals surface area contributed by atoms with Crippen LogP contribution in [0.4, 0.5) is 0 Å². The predicted octanol–water partition coefficient (Wildman–Crippen LogP) is 0.233. The Labute approximate surface area is 131 Å². The number of rotatable bonds is 3. The summed E-state index contributed by atoms with van der Waals surface area (Å²) in [4.78, 5) is 12.3. The molecule has 1 amide bonds. The molecular formula is C12H12ClN5O3S. The van der Waals surface area contributed by atoms with Crippen LogP contribution in [0, 0.1) is 0 Å². The predicted molar refractivity (Wildman–Crippen MR) is 78.7 cm³/mol. The Balaban J connectivity index is 1.82. The van der Waals surface area contributed by atoms with Gasteiger partial charge in [0.15, 0.2) is 9.84 Å². The van der Waals surface area contributed by atoms with Crippen molar-refractivity contribution in [1.29, 1.82) is 0 Å². The second-order valence-corrected chi connectivity index (χ2v) is 7.63. The molecule has 1 aromatic carbocycles. The number of hydrogen-bond acceptors (Lipinski definition) is 6. The van der Waals surface area contributed by atoms with Crippen molar-refractivity contribution < 1.29 is 13.2 Å². The number of carbonyl (C=O) groups is 1. The van der Waals surface area contributed by atoms with E-state index < -0.39 is 15.7 Å². The molecule has 1 aliphatic heterocycles. The van der Waals surface area contributed by atoms with Crippen LogP contribution in [0.1, 0.15) is 16.8 Å². The summed E-state index contributed by atoms with van der Waals surface area (Å²) in [5, 5.41) is 13.8. The average molecular weight is 342 g/mol. The van der Waals surface area contributed by atoms with Gasteiger partial charge >= 0.3 is 0 Å². The highest BCUT2D eigenvalue weighted by Gasteiger charge is 2.29. The van der Waals surface area contributed by atoms with Crippen LogP contribution in [-0.4, -0.2) is 52.1 Å². The SMILES string of the molecule is O=C(NC1CCS(=O)(=O)C1)c1cc(-n2cnnn2)ccc1Cl. The van der Waals surface area contributed by atoms with E-state index in [1.54, 1.807) is 18.2 Å². The van der Waals surface area contributed by atoms with Gasteiger partial charge in [-0.3, -0.25) is 4.79 Å². The molecule has 2 aromatic rings. The summed E-state index contributed by atoms with van der Waals surface area (Å²) in [5.41, 5.74) is 0.831. The van der Waals surface area contributed by atoms with Crippen LogP contribution in [0.5, 0.6) is 0 Å². The van der Waals surface area contributed by atoms with E-state index in [1.165, 1.54) is 11.0 Å². The van der Waals surface area contributed by atoms with Crippen LogP contribution < -0.4 is 5.32 Å². The highest BCUT2D eigenvalue weighted by atomic mass is 35.5. The number of carbonyl (C=O) groups excluding carboxylic acids is 1. The standard InChI is InChI=1S/C12H12ClN5O3S/c13-11-2-1-9(18-7-14-16-17-18)5-10(11)12(19)15-8-3-4-22(20,21)6-8/h1-2,5,7-8H,3-4,6H2,(H,15,19). The fourth-order valence-electron chi connectivity index (χ4n) is 2.28. The van der Waals surface area contributed by atoms with Crippen LogP contribution in [0.3, 0.4) is 0 Å². The molecule has 1 unspecified atom stereocenters. The van der Waals surface area contributed by atoms with Crippen molar-refractivity contribution in [2.45, 2.75) is 12.5 Å². The van der Waals surface area contributed by atoms with E-state index >= 15 is 0 Å². The Hall–Kier alpha value is -2.00. The lowest BCUT2D eigenvalue weighted by Gasteiger charge is -2.12. The number of aromatic nitrogens is 4. The van der Waals surface area contributed by atoms with E-state index in [0.717, 1.165) is 0 Å². The van der Waals surface area contributed by atoms with E-state index in [9.17, 15) is 13.2 Å². The highest BCUT2D eigenvalue weighted by Crippen LogP contribution is 2.20. The normalized spacial score (nSPS) is 20.0. The van der Waals surface area contributed by atoms with Gasteiger partial charge in [-0.25, -0.2) is 13.1 Å². The zero-order valence-corrected chi connectivity index (χ0v) is 12.9. The van der Waals surface area contributed by atoms with Crippen molar-refractivity contribution >= 4 is 27.3 Å². The first kappa shape index (κ1) is 14.9. The monoisotopic (exact) mass is 341 g/mol. The third kappa shape index (κ3) is 3.09. The van der Waals surface area contributed by atoms with Gasteiger partial charge in [0.2, 0.25) is 0 Å². The minimum absolute atomic E-state index is 0.0386. The average Bonchev–Trinajstić information content (AvgIpc) is 3.09. The lowest BCUT2D eigenvalue weighted by molar-refractivity contribution is 0.0941. The molecule has 0 bridgehead atoms. The molecular weight excluding hydrogens is 330 g/mol. The molecule has 0 radical (unpaired) electrons. The summed E-state index contributed by atoms with van der Waals surface area (Å²) in [6, 6.07) is 4.41. The van der Waals surface area contributed by atoms with Crippen LogP contribution in [0.25, 0.3) is 5.69 Å². The number of hydrogen-bond donors (Lipinski definition) is 1. The molecule has 1 saturated heterocycles. The van der Waals surface area contributed by atoms with E-state index in [2.05, 4.69) is 20.8 Å². The molecule has 1 aliphatic rings. The molecule has 1 N–H and O–H groups in total. The molecule has 1 aromatic heterocycles. The maximum absolute atomic E-state index is 12.3. The summed E-state index contributed by atoms with van der Waals surface area (Å²) in [5.74, 6) is -0.360. The van der Waals surface area contributed by atoms with Gasteiger partial charge in [0, 0.05) is 6.04 Å². The number of sulfone groups is 1. The Morgan fingerprint density at radius 2 is 2.23 bits per heavy atom. The molecule has 0 aliphatic carbocycles. The number of nitrogens with zero attached hydrogens (tertiary/aromatic N) is 4. The zero-order chi connectivity index (χ0) is 15.7. The van der Waals surface area contributed by atoms with Gasteiger partial charge in [-0.1, -0.05) is 11.6 Å². The Morgan fingerprint density at radius 3 is 2.86 bits per heavy atom. The summed E-state index contributed by atoms with van der Waals surface area (Å²) in [6.07, 6.45) is 1.81. The van der Waals surface area contributed by atoms with E-state index in [0.29, 0.717) is 12.1 Å². The Bertz CT molecular complexity index is 806. The molecule has 10 heteroatoms. The quantitative estimate of drug-likeness (QED) is 0.856. The Kier molecular flexibility index (Phi) is 3.83. The molecule has 116 valence electrons. The second-order valence-electron chi connectivity index (χ2n) is 4.99. The van der Waals surface area contributed by atoms with Crippen molar-refractivity contribution in [2.75, 3.05) is 11.5 Å². The number of tetrazole rings is 1. The van der Waals surface area contributed by atoms with Gasteiger partial charge in [-0.15, -0.1) is 5.10 Å². The maximum Gasteiger partial charge on any atom is 0.253 e. The van der Waals surface area contributed by atoms with Gasteiger partial charge < -0.3 is 5.32 Å². The fraction of sp³-hybridized carbons (Fsp3) is 0.333. The van der Waals surface area contributed by atoms with Crippen LogP contribution >= 0.6 is 11.6 Å². The minimum atomic E-state index is -3.06. The van der Waals surface area contributed by atoms with Gasteiger partial charge in [0.25, 0.3) is 5.91 Å². The number of nitrogens with one attached hydrogen (secondary N) is 1. The number of benzene rings is 1. The lowest BCUT2D eigenvalue weighted by Crippen LogP contribution is -2.35. The van der Waals surface area contributed by atoms with Crippen molar-refractivity contribution in [3.63, 3.8) is 0 Å². The van der Waals surface area contributed by atoms with E-state index in [1.807, 2.05) is 0 Å². The number of halogens is 1. The maximum atomic E-state index is 12.3.